The van der Waals surface area contributed by atoms with Gasteiger partial charge in [0.1, 0.15) is 0 Å². The van der Waals surface area contributed by atoms with Crippen LogP contribution < -0.4 is 0 Å². The van der Waals surface area contributed by atoms with Gasteiger partial charge in [-0.15, -0.1) is 0 Å². The summed E-state index contributed by atoms with van der Waals surface area (Å²) in [5.41, 5.74) is 1.50. The largest absolute Gasteiger partial charge is 0.336 e. The van der Waals surface area contributed by atoms with Crippen molar-refractivity contribution < 1.29 is 4.79 Å². The first kappa shape index (κ1) is 15.0. The summed E-state index contributed by atoms with van der Waals surface area (Å²) in [5, 5.41) is 8.14. The van der Waals surface area contributed by atoms with Gasteiger partial charge in [0.25, 0.3) is 5.91 Å². The Morgan fingerprint density at radius 1 is 1.18 bits per heavy atom. The van der Waals surface area contributed by atoms with E-state index in [4.69, 9.17) is 0 Å². The van der Waals surface area contributed by atoms with E-state index in [1.54, 1.807) is 0 Å². The summed E-state index contributed by atoms with van der Waals surface area (Å²) >= 11 is 0. The number of para-hydroxylation sites is 1. The van der Waals surface area contributed by atoms with E-state index in [1.807, 2.05) is 29.2 Å². The first-order valence-electron chi connectivity index (χ1n) is 7.76. The van der Waals surface area contributed by atoms with Crippen LogP contribution in [0.2, 0.25) is 0 Å². The van der Waals surface area contributed by atoms with Crippen LogP contribution in [0.3, 0.4) is 0 Å². The molecule has 0 spiro atoms. The van der Waals surface area contributed by atoms with Crippen molar-refractivity contribution in [1.29, 1.82) is 0 Å². The molecule has 1 amide bonds. The fraction of sp³-hybridized carbons (Fsp3) is 0.471. The lowest BCUT2D eigenvalue weighted by Gasteiger charge is -2.29. The van der Waals surface area contributed by atoms with Gasteiger partial charge in [0.2, 0.25) is 0 Å². The van der Waals surface area contributed by atoms with E-state index in [1.165, 1.54) is 19.4 Å². The van der Waals surface area contributed by atoms with Gasteiger partial charge in [0.05, 0.1) is 5.52 Å². The highest BCUT2D eigenvalue weighted by Gasteiger charge is 2.30. The number of aromatic amines is 1. The van der Waals surface area contributed by atoms with Crippen molar-refractivity contribution in [3.05, 3.63) is 37.4 Å². The molecular weight excluding hydrogens is 276 g/mol. The van der Waals surface area contributed by atoms with E-state index in [2.05, 4.69) is 15.1 Å². The normalized spacial score (nSPS) is 24.6. The second-order valence-corrected chi connectivity index (χ2v) is 6.18. The van der Waals surface area contributed by atoms with Gasteiger partial charge in [0.15, 0.2) is 5.69 Å². The first-order chi connectivity index (χ1) is 10.3. The summed E-state index contributed by atoms with van der Waals surface area (Å²) in [6.07, 6.45) is 2.50. The Morgan fingerprint density at radius 2 is 2.05 bits per heavy atom. The smallest absolute Gasteiger partial charge is 0.275 e. The highest BCUT2D eigenvalue weighted by molar-refractivity contribution is 6.04. The predicted octanol–water partition coefficient (Wildman–Crippen LogP) is 2.06. The lowest BCUT2D eigenvalue weighted by atomic mass is 9.98. The van der Waals surface area contributed by atoms with Gasteiger partial charge in [0, 0.05) is 31.6 Å². The van der Waals surface area contributed by atoms with Crippen LogP contribution in [0.15, 0.2) is 24.3 Å². The highest BCUT2D eigenvalue weighted by atomic mass is 16.2. The molecule has 1 aromatic carbocycles. The Bertz CT molecular complexity index is 665. The molecule has 2 fully saturated rings. The Morgan fingerprint density at radius 3 is 2.95 bits per heavy atom. The molecule has 0 aliphatic carbocycles. The number of H-pyrrole nitrogens is 1. The minimum Gasteiger partial charge on any atom is -0.336 e. The van der Waals surface area contributed by atoms with E-state index in [0.717, 1.165) is 37.1 Å². The van der Waals surface area contributed by atoms with Gasteiger partial charge in [-0.3, -0.25) is 9.89 Å². The molecule has 2 aliphatic heterocycles. The summed E-state index contributed by atoms with van der Waals surface area (Å²) in [6, 6.07) is 7.83. The number of benzene rings is 1. The summed E-state index contributed by atoms with van der Waals surface area (Å²) in [5.74, 6) is 0.691. The Labute approximate surface area is 131 Å². The van der Waals surface area contributed by atoms with Crippen molar-refractivity contribution in [1.82, 2.24) is 20.0 Å². The van der Waals surface area contributed by atoms with Gasteiger partial charge in [-0.1, -0.05) is 25.6 Å². The van der Waals surface area contributed by atoms with E-state index < -0.39 is 0 Å². The number of rotatable bonds is 1. The van der Waals surface area contributed by atoms with E-state index in [-0.39, 0.29) is 13.3 Å². The molecule has 4 rings (SSSR count). The molecule has 1 N–H and O–H groups in total. The summed E-state index contributed by atoms with van der Waals surface area (Å²) in [4.78, 5) is 17.3. The molecule has 1 aromatic heterocycles. The molecule has 0 saturated carbocycles. The monoisotopic (exact) mass is 298 g/mol. The zero-order chi connectivity index (χ0) is 14.2. The molecule has 5 heteroatoms. The first-order valence-corrected chi connectivity index (χ1v) is 7.76. The third-order valence-corrected chi connectivity index (χ3v) is 4.73. The second kappa shape index (κ2) is 6.08. The molecule has 22 heavy (non-hydrogen) atoms. The minimum absolute atomic E-state index is 0. The predicted molar refractivity (Wildman–Crippen MR) is 86.5 cm³/mol. The summed E-state index contributed by atoms with van der Waals surface area (Å²) in [6.45, 7) is 5.01. The molecule has 2 saturated heterocycles. The Balaban J connectivity index is 0.00000144. The zero-order valence-corrected chi connectivity index (χ0v) is 12.8. The van der Waals surface area contributed by atoms with Crippen molar-refractivity contribution in [3.8, 4) is 0 Å². The van der Waals surface area contributed by atoms with Gasteiger partial charge in [-0.2, -0.15) is 5.10 Å². The molecule has 2 aliphatic rings. The molecule has 2 bridgehead atoms. The van der Waals surface area contributed by atoms with Crippen LogP contribution in [0.1, 0.15) is 23.3 Å². The maximum absolute atomic E-state index is 12.8. The minimum atomic E-state index is 0. The highest BCUT2D eigenvalue weighted by Crippen LogP contribution is 2.23. The van der Waals surface area contributed by atoms with Crippen molar-refractivity contribution in [2.75, 3.05) is 32.7 Å². The molecule has 2 unspecified atom stereocenters. The number of carbonyl (C=O) groups is 1. The van der Waals surface area contributed by atoms with Crippen LogP contribution in [0.5, 0.6) is 0 Å². The lowest BCUT2D eigenvalue weighted by molar-refractivity contribution is 0.0742. The topological polar surface area (TPSA) is 52.2 Å². The zero-order valence-electron chi connectivity index (χ0n) is 12.8. The second-order valence-electron chi connectivity index (χ2n) is 6.18. The third-order valence-electron chi connectivity index (χ3n) is 4.73. The maximum Gasteiger partial charge on any atom is 0.275 e. The number of amides is 1. The standard InChI is InChI=1S/C16H20N4O.CH2/c21-16(15-13-5-1-2-6-14(13)17-18-15)20-9-8-19-7-3-4-12(10-19)11-20;/h1-2,5-6,12H,3-4,7-11H2,(H,17,18);1H2. The lowest BCUT2D eigenvalue weighted by Crippen LogP contribution is -2.36. The van der Waals surface area contributed by atoms with Crippen molar-refractivity contribution in [2.24, 2.45) is 5.92 Å². The van der Waals surface area contributed by atoms with Crippen molar-refractivity contribution >= 4 is 16.8 Å². The number of nitrogens with zero attached hydrogens (tertiary/aromatic N) is 3. The molecule has 116 valence electrons. The van der Waals surface area contributed by atoms with Crippen LogP contribution in [0.25, 0.3) is 10.9 Å². The number of aromatic nitrogens is 2. The number of hydrogen-bond acceptors (Lipinski definition) is 3. The molecule has 2 radical (unpaired) electrons. The number of piperidine rings is 1. The van der Waals surface area contributed by atoms with Crippen LogP contribution in [-0.4, -0.2) is 58.6 Å². The average molecular weight is 298 g/mol. The summed E-state index contributed by atoms with van der Waals surface area (Å²) < 4.78 is 0. The van der Waals surface area contributed by atoms with Crippen molar-refractivity contribution in [2.45, 2.75) is 12.8 Å². The van der Waals surface area contributed by atoms with Crippen LogP contribution in [0, 0.1) is 13.3 Å². The fourth-order valence-corrected chi connectivity index (χ4v) is 3.63. The SMILES string of the molecule is O=C(c1n[nH]c2ccccc12)N1CCN2CCCC(C2)C1.[CH2]. The van der Waals surface area contributed by atoms with Crippen LogP contribution in [-0.2, 0) is 0 Å². The number of hydrogen-bond donors (Lipinski definition) is 1. The van der Waals surface area contributed by atoms with Gasteiger partial charge < -0.3 is 9.80 Å². The maximum atomic E-state index is 12.8. The fourth-order valence-electron chi connectivity index (χ4n) is 3.63. The molecule has 5 nitrogen and oxygen atoms in total. The molecule has 2 aromatic rings. The van der Waals surface area contributed by atoms with Gasteiger partial charge >= 0.3 is 0 Å². The Kier molecular flexibility index (Phi) is 4.16. The van der Waals surface area contributed by atoms with Crippen LogP contribution in [0.4, 0.5) is 0 Å². The third kappa shape index (κ3) is 2.61. The molecular formula is C17H22N4O. The average Bonchev–Trinajstić information content (AvgIpc) is 2.89. The van der Waals surface area contributed by atoms with E-state index in [0.29, 0.717) is 11.6 Å². The van der Waals surface area contributed by atoms with Crippen molar-refractivity contribution in [3.63, 3.8) is 0 Å². The van der Waals surface area contributed by atoms with Gasteiger partial charge in [-0.05, 0) is 31.4 Å². The molecule has 2 atom stereocenters. The molecule has 3 heterocycles. The number of carbonyl (C=O) groups excluding carboxylic acids is 1. The van der Waals surface area contributed by atoms with E-state index in [9.17, 15) is 4.79 Å². The Hall–Kier alpha value is -1.88. The quantitative estimate of drug-likeness (QED) is 0.877. The van der Waals surface area contributed by atoms with E-state index >= 15 is 0 Å². The number of fused-ring (bicyclic) bond motifs is 3. The van der Waals surface area contributed by atoms with Gasteiger partial charge in [-0.25, -0.2) is 0 Å². The van der Waals surface area contributed by atoms with Crippen LogP contribution >= 0.6 is 0 Å². The number of nitrogens with one attached hydrogen (secondary N) is 1. The summed E-state index contributed by atoms with van der Waals surface area (Å²) in [7, 11) is 0.